The predicted octanol–water partition coefficient (Wildman–Crippen LogP) is -0.243. The van der Waals surface area contributed by atoms with Crippen molar-refractivity contribution in [3.63, 3.8) is 0 Å². The maximum Gasteiger partial charge on any atom is 0.279 e. The first-order valence-corrected chi connectivity index (χ1v) is 0.962. The third kappa shape index (κ3) is 15400. The molecule has 1 radical (unpaired) electrons. The summed E-state index contributed by atoms with van der Waals surface area (Å²) < 4.78 is 9.72. The molecule has 0 atom stereocenters. The fraction of sp³-hybridized carbons (Fsp3) is 0. The molecule has 0 saturated heterocycles. The van der Waals surface area contributed by atoms with Crippen molar-refractivity contribution in [3.05, 3.63) is 10.1 Å². The van der Waals surface area contributed by atoms with Crippen LogP contribution in [0.4, 0.5) is 4.48 Å². The second-order valence-corrected chi connectivity index (χ2v) is 0.304. The summed E-state index contributed by atoms with van der Waals surface area (Å²) in [6.45, 7) is 0.500. The smallest absolute Gasteiger partial charge is 0.279 e. The summed E-state index contributed by atoms with van der Waals surface area (Å²) in [6, 6.07) is 0. The summed E-state index contributed by atoms with van der Waals surface area (Å²) in [6.07, 6.45) is 0. The maximum absolute atomic E-state index is 9.72. The topological polar surface area (TPSA) is 80.4 Å². The van der Waals surface area contributed by atoms with Crippen molar-refractivity contribution in [2.75, 3.05) is 0 Å². The molecule has 0 aliphatic carbocycles. The summed E-state index contributed by atoms with van der Waals surface area (Å²) in [5.41, 5.74) is 0. The Kier molecular flexibility index (Phi) is 30.9. The van der Waals surface area contributed by atoms with Crippen LogP contribution in [0, 0.1) is 10.1 Å². The van der Waals surface area contributed by atoms with Gasteiger partial charge in [-0.2, -0.15) is 0 Å². The van der Waals surface area contributed by atoms with Crippen LogP contribution in [0.3, 0.4) is 0 Å². The van der Waals surface area contributed by atoms with Gasteiger partial charge in [0.15, 0.2) is 4.48 Å². The van der Waals surface area contributed by atoms with Crippen LogP contribution in [-0.4, -0.2) is 16.7 Å². The quantitative estimate of drug-likeness (QED) is 0.252. The first-order valence-electron chi connectivity index (χ1n) is 0.962. The Morgan fingerprint density at radius 2 is 1.75 bits per heavy atom. The fourth-order valence-corrected chi connectivity index (χ4v) is 0. The van der Waals surface area contributed by atoms with Crippen molar-refractivity contribution in [1.29, 1.82) is 0 Å². The van der Waals surface area contributed by atoms with Gasteiger partial charge in [-0.25, -0.2) is 10.1 Å². The van der Waals surface area contributed by atoms with Crippen LogP contribution in [0.1, 0.15) is 0 Å². The number of aliphatic hydroxyl groups excluding tert-OH is 1. The molecule has 0 aliphatic rings. The molecule has 8 heavy (non-hydrogen) atoms. The third-order valence-corrected chi connectivity index (χ3v) is 0. The van der Waals surface area contributed by atoms with Crippen molar-refractivity contribution in [1.82, 2.24) is 0 Å². The Balaban J connectivity index is -0.0000000575. The van der Waals surface area contributed by atoms with Gasteiger partial charge < -0.3 is 9.90 Å². The minimum Gasteiger partial charge on any atom is -0.665 e. The average molecular weight is 199 g/mol. The van der Waals surface area contributed by atoms with Crippen molar-refractivity contribution >= 4 is 6.47 Å². The third-order valence-electron chi connectivity index (χ3n) is 0. The van der Waals surface area contributed by atoms with Crippen LogP contribution >= 0.6 is 0 Å². The van der Waals surface area contributed by atoms with E-state index in [9.17, 15) is 4.48 Å². The maximum atomic E-state index is 9.72. The van der Waals surface area contributed by atoms with Gasteiger partial charge in [-0.3, -0.25) is 0 Å². The Hall–Kier alpha value is -0.0961. The molecule has 7 heteroatoms. The van der Waals surface area contributed by atoms with Crippen LogP contribution < -0.4 is 0 Å². The van der Waals surface area contributed by atoms with E-state index in [1.165, 1.54) is 0 Å². The molecule has 45 valence electrons. The molecule has 0 bridgehead atoms. The van der Waals surface area contributed by atoms with Crippen molar-refractivity contribution in [3.8, 4) is 0 Å². The van der Waals surface area contributed by atoms with Gasteiger partial charge in [-0.05, 0) is 0 Å². The second kappa shape index (κ2) is 15.8. The van der Waals surface area contributed by atoms with E-state index in [2.05, 4.69) is 0 Å². The number of nitro groups is 1. The summed E-state index contributed by atoms with van der Waals surface area (Å²) in [4.78, 5) is 16.4. The number of hydrogen-bond donors (Lipinski definition) is 1. The summed E-state index contributed by atoms with van der Waals surface area (Å²) in [5.74, 6) is 0. The van der Waals surface area contributed by atoms with Gasteiger partial charge in [0.1, 0.15) is 0 Å². The minimum atomic E-state index is -2.00. The normalized spacial score (nSPS) is 4.62. The monoisotopic (exact) mass is 199 g/mol. The van der Waals surface area contributed by atoms with Gasteiger partial charge in [0, 0.05) is 32.7 Å². The second-order valence-electron chi connectivity index (χ2n) is 0.304. The van der Waals surface area contributed by atoms with E-state index in [4.69, 9.17) is 20.0 Å². The van der Waals surface area contributed by atoms with Gasteiger partial charge >= 0.3 is 0 Å². The molecule has 0 heterocycles. The van der Waals surface area contributed by atoms with E-state index in [1.807, 2.05) is 0 Å². The van der Waals surface area contributed by atoms with E-state index in [0.29, 0.717) is 6.47 Å². The molecule has 0 aliphatic heterocycles. The molecular weight excluding hydrogens is 198 g/mol. The SMILES string of the molecule is O=[C-]O.O=[N+]([O-])F.[Y]. The molecule has 0 aromatic carbocycles. The fourth-order valence-electron chi connectivity index (χ4n) is 0. The van der Waals surface area contributed by atoms with Crippen molar-refractivity contribution in [2.45, 2.75) is 0 Å². The van der Waals surface area contributed by atoms with Crippen LogP contribution in [-0.2, 0) is 37.5 Å². The van der Waals surface area contributed by atoms with Crippen LogP contribution in [0.25, 0.3) is 0 Å². The molecule has 0 saturated carbocycles. The number of halogens is 1. The summed E-state index contributed by atoms with van der Waals surface area (Å²) in [7, 11) is 0. The minimum absolute atomic E-state index is 0. The van der Waals surface area contributed by atoms with Crippen LogP contribution in [0.5, 0.6) is 0 Å². The molecular formula is CHFNO4Y-. The van der Waals surface area contributed by atoms with Crippen LogP contribution in [0.2, 0.25) is 0 Å². The molecule has 1 N–H and O–H groups in total. The zero-order chi connectivity index (χ0) is 6.28. The average Bonchev–Trinajstić information content (AvgIpc) is 1.33. The molecule has 0 aromatic heterocycles. The van der Waals surface area contributed by atoms with Gasteiger partial charge in [0.2, 0.25) is 0 Å². The van der Waals surface area contributed by atoms with Gasteiger partial charge in [-0.15, -0.1) is 0 Å². The van der Waals surface area contributed by atoms with Gasteiger partial charge in [0.25, 0.3) is 5.15 Å². The van der Waals surface area contributed by atoms with Crippen LogP contribution in [0.15, 0.2) is 0 Å². The predicted molar refractivity (Wildman–Crippen MR) is 16.4 cm³/mol. The first-order chi connectivity index (χ1) is 3.15. The van der Waals surface area contributed by atoms with E-state index < -0.39 is 5.15 Å². The molecule has 0 spiro atoms. The van der Waals surface area contributed by atoms with Gasteiger partial charge in [0.05, 0.1) is 0 Å². The zero-order valence-electron chi connectivity index (χ0n) is 3.57. The Morgan fingerprint density at radius 1 is 1.75 bits per heavy atom. The van der Waals surface area contributed by atoms with E-state index in [1.54, 1.807) is 0 Å². The van der Waals surface area contributed by atoms with Crippen molar-refractivity contribution < 1.29 is 52.2 Å². The zero-order valence-corrected chi connectivity index (χ0v) is 6.41. The molecule has 0 fully saturated rings. The molecule has 5 nitrogen and oxygen atoms in total. The summed E-state index contributed by atoms with van der Waals surface area (Å²) >= 11 is 0. The van der Waals surface area contributed by atoms with E-state index in [-0.39, 0.29) is 32.7 Å². The largest absolute Gasteiger partial charge is 0.665 e. The number of nitrogens with zero attached hydrogens (tertiary/aromatic N) is 1. The number of hydrogen-bond acceptors (Lipinski definition) is 3. The van der Waals surface area contributed by atoms with Crippen molar-refractivity contribution in [2.24, 2.45) is 0 Å². The number of rotatable bonds is 0. The Labute approximate surface area is 68.8 Å². The molecule has 0 aromatic rings. The molecule has 0 rings (SSSR count). The standard InChI is InChI=1S/CHO2.FNO2.Y/c2-1-3;1-2(3)4;/h(H,2,3);;/q-1;;. The van der Waals surface area contributed by atoms with E-state index in [0.717, 1.165) is 0 Å². The van der Waals surface area contributed by atoms with Gasteiger partial charge in [-0.1, -0.05) is 6.47 Å². The Bertz CT molecular complexity index is 63.1. The summed E-state index contributed by atoms with van der Waals surface area (Å²) in [5, 5.41) is 12.9. The molecule has 0 unspecified atom stereocenters. The molecule has 0 amide bonds. The Morgan fingerprint density at radius 3 is 1.75 bits per heavy atom. The first kappa shape index (κ1) is 15.7. The van der Waals surface area contributed by atoms with E-state index >= 15 is 0 Å².